The molecule has 0 bridgehead atoms. The summed E-state index contributed by atoms with van der Waals surface area (Å²) in [7, 11) is 0. The van der Waals surface area contributed by atoms with Gasteiger partial charge >= 0.3 is 0 Å². The van der Waals surface area contributed by atoms with Crippen molar-refractivity contribution in [2.75, 3.05) is 13.1 Å². The highest BCUT2D eigenvalue weighted by molar-refractivity contribution is 14.0. The number of rotatable bonds is 7. The number of aromatic nitrogens is 1. The normalized spacial score (nSPS) is 10.9. The highest BCUT2D eigenvalue weighted by Crippen LogP contribution is 2.13. The van der Waals surface area contributed by atoms with E-state index < -0.39 is 4.92 Å². The lowest BCUT2D eigenvalue weighted by atomic mass is 10.2. The summed E-state index contributed by atoms with van der Waals surface area (Å²) in [4.78, 5) is 20.4. The molecule has 25 heavy (non-hydrogen) atoms. The fraction of sp³-hybridized carbons (Fsp3) is 0.375. The summed E-state index contributed by atoms with van der Waals surface area (Å²) in [6, 6.07) is 6.53. The standard InChI is InChI=1S/C16H21N5O2S.HI/c1-3-17-16(18-8-7-15-19-10-12(2)24-15)20-11-13-5-4-6-14(9-13)21(22)23;/h4-6,9-10H,3,7-8,11H2,1-2H3,(H2,17,18,20);1H. The van der Waals surface area contributed by atoms with Gasteiger partial charge in [-0.1, -0.05) is 12.1 Å². The van der Waals surface area contributed by atoms with Crippen molar-refractivity contribution in [3.05, 3.63) is 56.0 Å². The van der Waals surface area contributed by atoms with Gasteiger partial charge in [0.1, 0.15) is 0 Å². The van der Waals surface area contributed by atoms with Crippen molar-refractivity contribution in [3.63, 3.8) is 0 Å². The second kappa shape index (κ2) is 11.0. The fourth-order valence-electron chi connectivity index (χ4n) is 2.09. The van der Waals surface area contributed by atoms with Crippen molar-refractivity contribution in [3.8, 4) is 0 Å². The Morgan fingerprint density at radius 3 is 2.84 bits per heavy atom. The van der Waals surface area contributed by atoms with Crippen LogP contribution in [0.15, 0.2) is 35.5 Å². The number of thiazole rings is 1. The van der Waals surface area contributed by atoms with Crippen molar-refractivity contribution in [2.24, 2.45) is 4.99 Å². The molecule has 0 aliphatic heterocycles. The van der Waals surface area contributed by atoms with Crippen molar-refractivity contribution in [1.29, 1.82) is 0 Å². The Balaban J connectivity index is 0.00000312. The molecule has 2 rings (SSSR count). The van der Waals surface area contributed by atoms with E-state index in [9.17, 15) is 10.1 Å². The zero-order chi connectivity index (χ0) is 17.4. The third-order valence-corrected chi connectivity index (χ3v) is 4.16. The molecule has 1 aromatic carbocycles. The van der Waals surface area contributed by atoms with E-state index in [1.165, 1.54) is 10.9 Å². The summed E-state index contributed by atoms with van der Waals surface area (Å²) in [5, 5.41) is 18.3. The summed E-state index contributed by atoms with van der Waals surface area (Å²) in [5.41, 5.74) is 0.886. The third-order valence-electron chi connectivity index (χ3n) is 3.19. The SMILES string of the molecule is CCNC(=NCc1cccc([N+](=O)[O-])c1)NCCc1ncc(C)s1.I. The van der Waals surface area contributed by atoms with E-state index in [-0.39, 0.29) is 29.7 Å². The summed E-state index contributed by atoms with van der Waals surface area (Å²) < 4.78 is 0. The van der Waals surface area contributed by atoms with Gasteiger partial charge in [0, 0.05) is 42.7 Å². The Labute approximate surface area is 168 Å². The molecule has 1 aromatic heterocycles. The van der Waals surface area contributed by atoms with Gasteiger partial charge in [0.2, 0.25) is 0 Å². The highest BCUT2D eigenvalue weighted by Gasteiger charge is 2.06. The number of nitro groups is 1. The Hall–Kier alpha value is -1.75. The van der Waals surface area contributed by atoms with E-state index in [0.717, 1.165) is 30.1 Å². The molecule has 0 saturated heterocycles. The Morgan fingerprint density at radius 1 is 1.40 bits per heavy atom. The lowest BCUT2D eigenvalue weighted by molar-refractivity contribution is -0.384. The molecular weight excluding hydrogens is 453 g/mol. The second-order valence-corrected chi connectivity index (χ2v) is 6.48. The van der Waals surface area contributed by atoms with Crippen molar-refractivity contribution >= 4 is 47.0 Å². The first-order valence-corrected chi connectivity index (χ1v) is 8.57. The average molecular weight is 475 g/mol. The topological polar surface area (TPSA) is 92.5 Å². The molecule has 0 fully saturated rings. The molecule has 0 aliphatic rings. The van der Waals surface area contributed by atoms with Gasteiger partial charge in [-0.25, -0.2) is 9.98 Å². The van der Waals surface area contributed by atoms with Gasteiger partial charge in [-0.3, -0.25) is 10.1 Å². The first-order chi connectivity index (χ1) is 11.6. The van der Waals surface area contributed by atoms with Crippen LogP contribution in [0.2, 0.25) is 0 Å². The third kappa shape index (κ3) is 7.34. The molecule has 0 radical (unpaired) electrons. The molecule has 2 N–H and O–H groups in total. The van der Waals surface area contributed by atoms with Crippen molar-refractivity contribution in [1.82, 2.24) is 15.6 Å². The van der Waals surface area contributed by atoms with Gasteiger partial charge in [-0.15, -0.1) is 35.3 Å². The number of nitrogens with one attached hydrogen (secondary N) is 2. The van der Waals surface area contributed by atoms with Gasteiger partial charge in [0.05, 0.1) is 16.5 Å². The predicted molar refractivity (Wildman–Crippen MR) is 112 cm³/mol. The zero-order valence-corrected chi connectivity index (χ0v) is 17.3. The molecule has 7 nitrogen and oxygen atoms in total. The number of guanidine groups is 1. The first-order valence-electron chi connectivity index (χ1n) is 7.75. The lowest BCUT2D eigenvalue weighted by Gasteiger charge is -2.10. The van der Waals surface area contributed by atoms with Crippen LogP contribution in [0.4, 0.5) is 5.69 Å². The zero-order valence-electron chi connectivity index (χ0n) is 14.2. The van der Waals surface area contributed by atoms with E-state index in [0.29, 0.717) is 12.5 Å². The maximum atomic E-state index is 10.8. The van der Waals surface area contributed by atoms with Crippen LogP contribution in [0, 0.1) is 17.0 Å². The molecule has 0 saturated carbocycles. The molecule has 2 aromatic rings. The number of halogens is 1. The molecule has 0 unspecified atom stereocenters. The van der Waals surface area contributed by atoms with Gasteiger partial charge < -0.3 is 10.6 Å². The van der Waals surface area contributed by atoms with Crippen LogP contribution >= 0.6 is 35.3 Å². The lowest BCUT2D eigenvalue weighted by Crippen LogP contribution is -2.38. The van der Waals surface area contributed by atoms with Crippen LogP contribution in [-0.2, 0) is 13.0 Å². The smallest absolute Gasteiger partial charge is 0.269 e. The Morgan fingerprint density at radius 2 is 2.20 bits per heavy atom. The molecular formula is C16H22IN5O2S. The number of nitro benzene ring substituents is 1. The Kier molecular flexibility index (Phi) is 9.35. The molecule has 0 aliphatic carbocycles. The van der Waals surface area contributed by atoms with Crippen LogP contribution in [0.1, 0.15) is 22.4 Å². The summed E-state index contributed by atoms with van der Waals surface area (Å²) in [5.74, 6) is 0.692. The maximum absolute atomic E-state index is 10.8. The number of non-ortho nitro benzene ring substituents is 1. The van der Waals surface area contributed by atoms with E-state index in [1.54, 1.807) is 23.5 Å². The minimum absolute atomic E-state index is 0. The molecule has 0 atom stereocenters. The molecule has 9 heteroatoms. The number of aliphatic imine (C=N–C) groups is 1. The van der Waals surface area contributed by atoms with Crippen molar-refractivity contribution in [2.45, 2.75) is 26.8 Å². The van der Waals surface area contributed by atoms with Gasteiger partial charge in [-0.2, -0.15) is 0 Å². The second-order valence-electron chi connectivity index (χ2n) is 5.16. The molecule has 1 heterocycles. The molecule has 136 valence electrons. The highest BCUT2D eigenvalue weighted by atomic mass is 127. The van der Waals surface area contributed by atoms with E-state index in [4.69, 9.17) is 0 Å². The number of benzene rings is 1. The number of hydrogen-bond donors (Lipinski definition) is 2. The summed E-state index contributed by atoms with van der Waals surface area (Å²) in [6.45, 7) is 5.89. The van der Waals surface area contributed by atoms with Crippen LogP contribution in [0.5, 0.6) is 0 Å². The minimum Gasteiger partial charge on any atom is -0.357 e. The van der Waals surface area contributed by atoms with Crippen LogP contribution < -0.4 is 10.6 Å². The van der Waals surface area contributed by atoms with E-state index >= 15 is 0 Å². The average Bonchev–Trinajstić information content (AvgIpc) is 2.98. The monoisotopic (exact) mass is 475 g/mol. The summed E-state index contributed by atoms with van der Waals surface area (Å²) in [6.07, 6.45) is 2.71. The van der Waals surface area contributed by atoms with Crippen LogP contribution in [-0.4, -0.2) is 29.0 Å². The largest absolute Gasteiger partial charge is 0.357 e. The van der Waals surface area contributed by atoms with Gasteiger partial charge in [0.15, 0.2) is 5.96 Å². The predicted octanol–water partition coefficient (Wildman–Crippen LogP) is 3.28. The number of hydrogen-bond acceptors (Lipinski definition) is 5. The Bertz CT molecular complexity index is 720. The quantitative estimate of drug-likeness (QED) is 0.211. The van der Waals surface area contributed by atoms with Gasteiger partial charge in [0.25, 0.3) is 5.69 Å². The number of nitrogens with zero attached hydrogens (tertiary/aromatic N) is 3. The summed E-state index contributed by atoms with van der Waals surface area (Å²) >= 11 is 1.69. The maximum Gasteiger partial charge on any atom is 0.269 e. The molecule has 0 amide bonds. The molecule has 0 spiro atoms. The number of aryl methyl sites for hydroxylation is 1. The fourth-order valence-corrected chi connectivity index (χ4v) is 2.87. The van der Waals surface area contributed by atoms with E-state index in [2.05, 4.69) is 20.6 Å². The van der Waals surface area contributed by atoms with E-state index in [1.807, 2.05) is 26.1 Å². The van der Waals surface area contributed by atoms with Crippen LogP contribution in [0.3, 0.4) is 0 Å². The van der Waals surface area contributed by atoms with Crippen LogP contribution in [0.25, 0.3) is 0 Å². The first kappa shape index (κ1) is 21.3. The minimum atomic E-state index is -0.396. The van der Waals surface area contributed by atoms with Gasteiger partial charge in [-0.05, 0) is 19.4 Å². The van der Waals surface area contributed by atoms with Crippen molar-refractivity contribution < 1.29 is 4.92 Å².